The van der Waals surface area contributed by atoms with Crippen LogP contribution in [-0.4, -0.2) is 46.3 Å². The summed E-state index contributed by atoms with van der Waals surface area (Å²) in [6.45, 7) is 10.6. The Hall–Kier alpha value is -0.990. The lowest BCUT2D eigenvalue weighted by Gasteiger charge is -2.31. The molecule has 140 valence electrons. The summed E-state index contributed by atoms with van der Waals surface area (Å²) in [5, 5.41) is 0. The molecule has 0 bridgehead atoms. The van der Waals surface area contributed by atoms with Crippen molar-refractivity contribution >= 4 is 23.5 Å². The van der Waals surface area contributed by atoms with Gasteiger partial charge in [0.2, 0.25) is 6.10 Å². The van der Waals surface area contributed by atoms with Crippen molar-refractivity contribution in [3.63, 3.8) is 0 Å². The average molecular weight is 363 g/mol. The molecule has 0 aromatic rings. The molecule has 0 aromatic heterocycles. The molecule has 0 aliphatic heterocycles. The lowest BCUT2D eigenvalue weighted by molar-refractivity contribution is -0.155. The molecule has 0 amide bonds. The van der Waals surface area contributed by atoms with Gasteiger partial charge in [-0.25, -0.2) is 9.59 Å². The van der Waals surface area contributed by atoms with Gasteiger partial charge in [0.15, 0.2) is 0 Å². The van der Waals surface area contributed by atoms with E-state index in [0.717, 1.165) is 12.8 Å². The molecule has 3 atom stereocenters. The van der Waals surface area contributed by atoms with Crippen molar-refractivity contribution in [2.45, 2.75) is 76.9 Å². The smallest absolute Gasteiger partial charge is 0.509 e. The number of rotatable bonds is 6. The van der Waals surface area contributed by atoms with Gasteiger partial charge in [-0.2, -0.15) is 0 Å². The summed E-state index contributed by atoms with van der Waals surface area (Å²) in [7, 11) is 1.22. The Bertz CT molecular complexity index is 452. The van der Waals surface area contributed by atoms with E-state index in [4.69, 9.17) is 14.2 Å². The molecular weight excluding hydrogens is 334 g/mol. The SMILES string of the molecule is COC(=O)[C@@H](OC(=O)OC(C)(C)C)[C@H](N[S@@+]([O-])C(C)(C)C)C1CC1. The average Bonchev–Trinajstić information content (AvgIpc) is 3.22. The second-order valence-electron chi connectivity index (χ2n) is 7.89. The monoisotopic (exact) mass is 363 g/mol. The van der Waals surface area contributed by atoms with Gasteiger partial charge in [0.1, 0.15) is 16.4 Å². The maximum atomic E-state index is 12.4. The van der Waals surface area contributed by atoms with Crippen LogP contribution in [0.15, 0.2) is 0 Å². The number of carbonyl (C=O) groups excluding carboxylic acids is 2. The summed E-state index contributed by atoms with van der Waals surface area (Å²) in [5.74, 6) is -0.598. The first kappa shape index (κ1) is 21.1. The van der Waals surface area contributed by atoms with E-state index in [1.807, 2.05) is 20.8 Å². The first-order valence-electron chi connectivity index (χ1n) is 8.00. The third-order valence-corrected chi connectivity index (χ3v) is 4.90. The van der Waals surface area contributed by atoms with E-state index in [1.165, 1.54) is 7.11 Å². The first-order valence-corrected chi connectivity index (χ1v) is 9.15. The van der Waals surface area contributed by atoms with Gasteiger partial charge in [-0.05, 0) is 60.3 Å². The highest BCUT2D eigenvalue weighted by Crippen LogP contribution is 2.36. The minimum atomic E-state index is -1.41. The van der Waals surface area contributed by atoms with Gasteiger partial charge in [-0.3, -0.25) is 0 Å². The van der Waals surface area contributed by atoms with Gasteiger partial charge in [-0.15, -0.1) is 4.72 Å². The summed E-state index contributed by atoms with van der Waals surface area (Å²) in [4.78, 5) is 24.1. The quantitative estimate of drug-likeness (QED) is 0.571. The number of hydrogen-bond donors (Lipinski definition) is 1. The Morgan fingerprint density at radius 3 is 2.08 bits per heavy atom. The number of carbonyl (C=O) groups is 2. The largest absolute Gasteiger partial charge is 0.598 e. The summed E-state index contributed by atoms with van der Waals surface area (Å²) >= 11 is -1.41. The Kier molecular flexibility index (Phi) is 6.95. The molecule has 8 heteroatoms. The van der Waals surface area contributed by atoms with E-state index in [2.05, 4.69) is 4.72 Å². The molecule has 7 nitrogen and oxygen atoms in total. The standard InChI is InChI=1S/C16H29NO6S/c1-15(2,3)23-14(19)22-12(13(18)21-7)11(10-8-9-10)17-24(20)16(4,5)6/h10-12,17H,8-9H2,1-7H3/t11-,12+,24+/m1/s1. The molecule has 1 rings (SSSR count). The van der Waals surface area contributed by atoms with Gasteiger partial charge in [0.05, 0.1) is 7.11 Å². The zero-order valence-electron chi connectivity index (χ0n) is 15.5. The van der Waals surface area contributed by atoms with E-state index < -0.39 is 46.0 Å². The molecule has 1 saturated carbocycles. The van der Waals surface area contributed by atoms with Gasteiger partial charge in [0.25, 0.3) is 0 Å². The van der Waals surface area contributed by atoms with E-state index in [0.29, 0.717) is 0 Å². The van der Waals surface area contributed by atoms with Gasteiger partial charge >= 0.3 is 12.1 Å². The van der Waals surface area contributed by atoms with Crippen LogP contribution in [0.4, 0.5) is 4.79 Å². The van der Waals surface area contributed by atoms with Crippen molar-refractivity contribution in [2.24, 2.45) is 5.92 Å². The Balaban J connectivity index is 2.90. The highest BCUT2D eigenvalue weighted by atomic mass is 32.2. The van der Waals surface area contributed by atoms with Crippen LogP contribution in [-0.2, 0) is 30.4 Å². The lowest BCUT2D eigenvalue weighted by atomic mass is 10.1. The predicted octanol–water partition coefficient (Wildman–Crippen LogP) is 2.31. The van der Waals surface area contributed by atoms with Crippen LogP contribution in [0.2, 0.25) is 0 Å². The number of ether oxygens (including phenoxy) is 3. The lowest BCUT2D eigenvalue weighted by Crippen LogP contribution is -2.54. The van der Waals surface area contributed by atoms with Gasteiger partial charge < -0.3 is 18.8 Å². The molecule has 1 aliphatic carbocycles. The van der Waals surface area contributed by atoms with Crippen molar-refractivity contribution in [3.8, 4) is 0 Å². The molecule has 1 aliphatic rings. The second-order valence-corrected chi connectivity index (χ2v) is 9.89. The van der Waals surface area contributed by atoms with Crippen LogP contribution in [0.5, 0.6) is 0 Å². The summed E-state index contributed by atoms with van der Waals surface area (Å²) in [6.07, 6.45) is -0.426. The molecular formula is C16H29NO6S. The van der Waals surface area contributed by atoms with Crippen LogP contribution in [0.1, 0.15) is 54.4 Å². The molecule has 1 N–H and O–H groups in total. The zero-order valence-corrected chi connectivity index (χ0v) is 16.3. The third kappa shape index (κ3) is 6.86. The maximum Gasteiger partial charge on any atom is 0.509 e. The van der Waals surface area contributed by atoms with Crippen molar-refractivity contribution in [2.75, 3.05) is 7.11 Å². The molecule has 0 heterocycles. The third-order valence-electron chi connectivity index (χ3n) is 3.30. The summed E-state index contributed by atoms with van der Waals surface area (Å²) in [6, 6.07) is -0.579. The van der Waals surface area contributed by atoms with Crippen molar-refractivity contribution < 1.29 is 28.4 Å². The Morgan fingerprint density at radius 2 is 1.71 bits per heavy atom. The van der Waals surface area contributed by atoms with Crippen molar-refractivity contribution in [1.82, 2.24) is 4.72 Å². The predicted molar refractivity (Wildman–Crippen MR) is 90.7 cm³/mol. The van der Waals surface area contributed by atoms with E-state index in [-0.39, 0.29) is 5.92 Å². The highest BCUT2D eigenvalue weighted by Gasteiger charge is 2.47. The fourth-order valence-electron chi connectivity index (χ4n) is 1.92. The number of hydrogen-bond acceptors (Lipinski definition) is 7. The molecule has 0 aromatic carbocycles. The number of nitrogens with one attached hydrogen (secondary N) is 1. The molecule has 0 unspecified atom stereocenters. The van der Waals surface area contributed by atoms with Crippen LogP contribution in [0, 0.1) is 5.92 Å². The summed E-state index contributed by atoms with van der Waals surface area (Å²) in [5.41, 5.74) is -0.742. The first-order chi connectivity index (χ1) is 10.8. The highest BCUT2D eigenvalue weighted by molar-refractivity contribution is 7.90. The molecule has 24 heavy (non-hydrogen) atoms. The summed E-state index contributed by atoms with van der Waals surface area (Å²) < 4.78 is 29.9. The fourth-order valence-corrected chi connectivity index (χ4v) is 2.84. The maximum absolute atomic E-state index is 12.4. The normalized spacial score (nSPS) is 19.2. The number of esters is 1. The topological polar surface area (TPSA) is 96.9 Å². The van der Waals surface area contributed by atoms with Crippen LogP contribution in [0.3, 0.4) is 0 Å². The molecule has 0 saturated heterocycles. The zero-order chi connectivity index (χ0) is 18.7. The second kappa shape index (κ2) is 7.93. The van der Waals surface area contributed by atoms with E-state index in [9.17, 15) is 14.1 Å². The van der Waals surface area contributed by atoms with Crippen LogP contribution in [0.25, 0.3) is 0 Å². The number of methoxy groups -OCH3 is 1. The van der Waals surface area contributed by atoms with Crippen molar-refractivity contribution in [3.05, 3.63) is 0 Å². The van der Waals surface area contributed by atoms with Gasteiger partial charge in [-0.1, -0.05) is 0 Å². The van der Waals surface area contributed by atoms with Crippen LogP contribution >= 0.6 is 0 Å². The van der Waals surface area contributed by atoms with E-state index in [1.54, 1.807) is 20.8 Å². The Morgan fingerprint density at radius 1 is 1.17 bits per heavy atom. The van der Waals surface area contributed by atoms with E-state index >= 15 is 0 Å². The fraction of sp³-hybridized carbons (Fsp3) is 0.875. The Labute approximate surface area is 147 Å². The minimum Gasteiger partial charge on any atom is -0.598 e. The molecule has 0 spiro atoms. The van der Waals surface area contributed by atoms with Gasteiger partial charge in [0, 0.05) is 11.4 Å². The minimum absolute atomic E-state index is 0.0998. The molecule has 0 radical (unpaired) electrons. The van der Waals surface area contributed by atoms with Crippen LogP contribution < -0.4 is 4.72 Å². The van der Waals surface area contributed by atoms with Crippen molar-refractivity contribution in [1.29, 1.82) is 0 Å². The molecule has 1 fully saturated rings.